The zero-order valence-electron chi connectivity index (χ0n) is 10.4. The number of rotatable bonds is 3. The van der Waals surface area contributed by atoms with Crippen LogP contribution < -0.4 is 5.32 Å². The van der Waals surface area contributed by atoms with E-state index in [2.05, 4.69) is 37.2 Å². The predicted molar refractivity (Wildman–Crippen MR) is 75.6 cm³/mol. The van der Waals surface area contributed by atoms with E-state index in [9.17, 15) is 0 Å². The topological polar surface area (TPSA) is 79.4 Å². The van der Waals surface area contributed by atoms with Crippen molar-refractivity contribution in [3.63, 3.8) is 0 Å². The maximum atomic E-state index is 5.87. The Kier molecular flexibility index (Phi) is 3.08. The molecule has 8 heteroatoms. The number of hydrogen-bond donors (Lipinski definition) is 2. The molecule has 3 rings (SSSR count). The van der Waals surface area contributed by atoms with E-state index < -0.39 is 0 Å². The van der Waals surface area contributed by atoms with Gasteiger partial charge >= 0.3 is 0 Å². The molecule has 0 saturated carbocycles. The largest absolute Gasteiger partial charge is 0.362 e. The van der Waals surface area contributed by atoms with Crippen LogP contribution in [-0.4, -0.2) is 24.9 Å². The summed E-state index contributed by atoms with van der Waals surface area (Å²) < 4.78 is 0. The van der Waals surface area contributed by atoms with Crippen molar-refractivity contribution in [3.05, 3.63) is 27.2 Å². The first-order valence-electron chi connectivity index (χ1n) is 5.67. The molecular formula is C11H11ClN6S. The molecule has 0 bridgehead atoms. The van der Waals surface area contributed by atoms with Crippen molar-refractivity contribution >= 4 is 39.9 Å². The van der Waals surface area contributed by atoms with Crippen LogP contribution in [0.4, 0.5) is 5.82 Å². The molecule has 0 aliphatic carbocycles. The van der Waals surface area contributed by atoms with Gasteiger partial charge in [0.1, 0.15) is 5.52 Å². The van der Waals surface area contributed by atoms with Crippen molar-refractivity contribution in [2.45, 2.75) is 20.4 Å². The molecule has 6 nitrogen and oxygen atoms in total. The fourth-order valence-corrected chi connectivity index (χ4v) is 2.84. The monoisotopic (exact) mass is 294 g/mol. The number of halogens is 1. The number of aromatic amines is 1. The number of H-pyrrole nitrogens is 1. The summed E-state index contributed by atoms with van der Waals surface area (Å²) in [6.07, 6.45) is 1.57. The lowest BCUT2D eigenvalue weighted by Gasteiger charge is -2.05. The summed E-state index contributed by atoms with van der Waals surface area (Å²) in [5, 5.41) is 4.45. The van der Waals surface area contributed by atoms with E-state index in [1.807, 2.05) is 6.92 Å². The van der Waals surface area contributed by atoms with Gasteiger partial charge in [0, 0.05) is 4.88 Å². The summed E-state index contributed by atoms with van der Waals surface area (Å²) in [6, 6.07) is 0. The van der Waals surface area contributed by atoms with Crippen LogP contribution in [0.1, 0.15) is 15.6 Å². The minimum Gasteiger partial charge on any atom is -0.362 e. The number of aromatic nitrogens is 5. The summed E-state index contributed by atoms with van der Waals surface area (Å²) in [5.41, 5.74) is 2.31. The Morgan fingerprint density at radius 1 is 1.32 bits per heavy atom. The number of imidazole rings is 1. The molecule has 0 aliphatic rings. The lowest BCUT2D eigenvalue weighted by molar-refractivity contribution is 1.02. The van der Waals surface area contributed by atoms with Crippen molar-refractivity contribution in [2.75, 3.05) is 5.32 Å². The van der Waals surface area contributed by atoms with Gasteiger partial charge in [0.05, 0.1) is 23.6 Å². The van der Waals surface area contributed by atoms with E-state index >= 15 is 0 Å². The van der Waals surface area contributed by atoms with Crippen LogP contribution in [0.2, 0.25) is 5.28 Å². The van der Waals surface area contributed by atoms with Crippen LogP contribution >= 0.6 is 22.9 Å². The van der Waals surface area contributed by atoms with Crippen LogP contribution in [0, 0.1) is 13.8 Å². The number of fused-ring (bicyclic) bond motifs is 1. The van der Waals surface area contributed by atoms with Crippen LogP contribution in [-0.2, 0) is 6.54 Å². The van der Waals surface area contributed by atoms with Gasteiger partial charge in [-0.1, -0.05) is 0 Å². The zero-order chi connectivity index (χ0) is 13.4. The van der Waals surface area contributed by atoms with Gasteiger partial charge in [-0.25, -0.2) is 9.97 Å². The van der Waals surface area contributed by atoms with Gasteiger partial charge in [-0.2, -0.15) is 9.97 Å². The molecule has 3 heterocycles. The zero-order valence-corrected chi connectivity index (χ0v) is 11.9. The van der Waals surface area contributed by atoms with Crippen molar-refractivity contribution in [2.24, 2.45) is 0 Å². The average Bonchev–Trinajstić information content (AvgIpc) is 2.92. The molecule has 0 unspecified atom stereocenters. The molecule has 0 aromatic carbocycles. The number of nitrogens with one attached hydrogen (secondary N) is 2. The summed E-state index contributed by atoms with van der Waals surface area (Å²) in [7, 11) is 0. The normalized spacial score (nSPS) is 11.1. The molecule has 0 aliphatic heterocycles. The van der Waals surface area contributed by atoms with Crippen molar-refractivity contribution in [1.29, 1.82) is 0 Å². The summed E-state index contributed by atoms with van der Waals surface area (Å²) in [4.78, 5) is 20.9. The molecule has 0 atom stereocenters. The third-order valence-electron chi connectivity index (χ3n) is 2.68. The molecular weight excluding hydrogens is 284 g/mol. The molecule has 0 amide bonds. The van der Waals surface area contributed by atoms with Crippen LogP contribution in [0.3, 0.4) is 0 Å². The first kappa shape index (κ1) is 12.3. The van der Waals surface area contributed by atoms with Gasteiger partial charge in [-0.05, 0) is 25.4 Å². The minimum absolute atomic E-state index is 0.174. The number of nitrogens with zero attached hydrogens (tertiary/aromatic N) is 4. The van der Waals surface area contributed by atoms with E-state index in [1.165, 1.54) is 4.88 Å². The minimum atomic E-state index is 0.174. The Morgan fingerprint density at radius 3 is 2.89 bits per heavy atom. The Morgan fingerprint density at radius 2 is 2.16 bits per heavy atom. The van der Waals surface area contributed by atoms with Gasteiger partial charge in [0.25, 0.3) is 0 Å². The van der Waals surface area contributed by atoms with Crippen molar-refractivity contribution in [1.82, 2.24) is 24.9 Å². The first-order chi connectivity index (χ1) is 9.13. The molecule has 98 valence electrons. The molecule has 0 saturated heterocycles. The highest BCUT2D eigenvalue weighted by atomic mass is 35.5. The number of aryl methyl sites for hydroxylation is 2. The van der Waals surface area contributed by atoms with E-state index in [4.69, 9.17) is 11.6 Å². The summed E-state index contributed by atoms with van der Waals surface area (Å²) in [5.74, 6) is 0.637. The van der Waals surface area contributed by atoms with Crippen LogP contribution in [0.5, 0.6) is 0 Å². The van der Waals surface area contributed by atoms with Gasteiger partial charge in [-0.3, -0.25) is 0 Å². The van der Waals surface area contributed by atoms with Gasteiger partial charge in [0.2, 0.25) is 5.28 Å². The SMILES string of the molecule is Cc1nc(CNc2nc(Cl)nc3nc[nH]c23)c(C)s1. The molecule has 2 N–H and O–H groups in total. The predicted octanol–water partition coefficient (Wildman–Crippen LogP) is 2.69. The standard InChI is InChI=1S/C11H11ClN6S/c1-5-7(16-6(2)19-5)3-13-9-8-10(15-4-14-8)18-11(12)17-9/h4H,3H2,1-2H3,(H2,13,14,15,17,18). The van der Waals surface area contributed by atoms with Crippen LogP contribution in [0.25, 0.3) is 11.2 Å². The highest BCUT2D eigenvalue weighted by molar-refractivity contribution is 7.11. The second-order valence-electron chi connectivity index (χ2n) is 4.03. The van der Waals surface area contributed by atoms with E-state index in [-0.39, 0.29) is 5.28 Å². The van der Waals surface area contributed by atoms with Crippen molar-refractivity contribution < 1.29 is 0 Å². The Labute approximate surface area is 118 Å². The Bertz CT molecular complexity index is 734. The molecule has 19 heavy (non-hydrogen) atoms. The fourth-order valence-electron chi connectivity index (χ4n) is 1.84. The maximum absolute atomic E-state index is 5.87. The lowest BCUT2D eigenvalue weighted by atomic mass is 10.3. The number of hydrogen-bond acceptors (Lipinski definition) is 6. The first-order valence-corrected chi connectivity index (χ1v) is 6.86. The lowest BCUT2D eigenvalue weighted by Crippen LogP contribution is -2.04. The highest BCUT2D eigenvalue weighted by Gasteiger charge is 2.10. The second-order valence-corrected chi connectivity index (χ2v) is 5.78. The Hall–Kier alpha value is -1.73. The molecule has 0 fully saturated rings. The quantitative estimate of drug-likeness (QED) is 0.726. The third-order valence-corrected chi connectivity index (χ3v) is 3.78. The second kappa shape index (κ2) is 4.75. The van der Waals surface area contributed by atoms with Gasteiger partial charge in [0.15, 0.2) is 11.5 Å². The van der Waals surface area contributed by atoms with E-state index in [1.54, 1.807) is 17.7 Å². The summed E-state index contributed by atoms with van der Waals surface area (Å²) in [6.45, 7) is 4.65. The summed E-state index contributed by atoms with van der Waals surface area (Å²) >= 11 is 7.55. The number of anilines is 1. The number of thiazole rings is 1. The van der Waals surface area contributed by atoms with Gasteiger partial charge < -0.3 is 10.3 Å². The average molecular weight is 295 g/mol. The maximum Gasteiger partial charge on any atom is 0.226 e. The highest BCUT2D eigenvalue weighted by Crippen LogP contribution is 2.21. The smallest absolute Gasteiger partial charge is 0.226 e. The van der Waals surface area contributed by atoms with Crippen LogP contribution in [0.15, 0.2) is 6.33 Å². The molecule has 0 spiro atoms. The van der Waals surface area contributed by atoms with E-state index in [0.29, 0.717) is 18.0 Å². The fraction of sp³-hybridized carbons (Fsp3) is 0.273. The Balaban J connectivity index is 1.89. The molecule has 3 aromatic heterocycles. The molecule has 3 aromatic rings. The van der Waals surface area contributed by atoms with E-state index in [0.717, 1.165) is 16.2 Å². The molecule has 0 radical (unpaired) electrons. The third kappa shape index (κ3) is 2.39. The van der Waals surface area contributed by atoms with Crippen molar-refractivity contribution in [3.8, 4) is 0 Å². The van der Waals surface area contributed by atoms with Gasteiger partial charge in [-0.15, -0.1) is 11.3 Å².